The monoisotopic (exact) mass is 175 g/mol. The van der Waals surface area contributed by atoms with Crippen molar-refractivity contribution < 1.29 is 9.59 Å². The predicted octanol–water partition coefficient (Wildman–Crippen LogP) is 0.786. The first kappa shape index (κ1) is 10.2. The highest BCUT2D eigenvalue weighted by molar-refractivity contribution is 6.25. The van der Waals surface area contributed by atoms with Crippen LogP contribution in [0.4, 0.5) is 0 Å². The maximum atomic E-state index is 10.7. The van der Waals surface area contributed by atoms with Crippen LogP contribution in [0.5, 0.6) is 0 Å². The summed E-state index contributed by atoms with van der Waals surface area (Å²) in [7, 11) is 0. The van der Waals surface area contributed by atoms with Crippen molar-refractivity contribution in [3.63, 3.8) is 0 Å². The summed E-state index contributed by atoms with van der Waals surface area (Å²) in [4.78, 5) is 22.1. The average molecular weight is 176 g/mol. The van der Waals surface area contributed by atoms with Gasteiger partial charge in [0.05, 0.1) is 6.54 Å². The zero-order valence-corrected chi connectivity index (χ0v) is 7.04. The van der Waals surface area contributed by atoms with Gasteiger partial charge in [0.2, 0.25) is 5.91 Å². The molecular formula is C7H10ClNO2. The fourth-order valence-corrected chi connectivity index (χ4v) is 0.668. The molecule has 1 amide bonds. The van der Waals surface area contributed by atoms with Crippen molar-refractivity contribution in [2.75, 3.05) is 13.1 Å². The van der Waals surface area contributed by atoms with E-state index in [1.807, 2.05) is 0 Å². The van der Waals surface area contributed by atoms with Gasteiger partial charge in [0, 0.05) is 19.0 Å². The molecule has 0 bridgehead atoms. The summed E-state index contributed by atoms with van der Waals surface area (Å²) >= 11 is 5.24. The molecule has 0 aromatic rings. The van der Waals surface area contributed by atoms with Crippen LogP contribution in [-0.2, 0) is 9.59 Å². The van der Waals surface area contributed by atoms with Crippen LogP contribution < -0.4 is 0 Å². The Hall–Kier alpha value is -0.830. The highest BCUT2D eigenvalue weighted by Gasteiger charge is 2.03. The number of rotatable bonds is 4. The highest BCUT2D eigenvalue weighted by atomic mass is 35.5. The van der Waals surface area contributed by atoms with Gasteiger partial charge in [0.15, 0.2) is 0 Å². The van der Waals surface area contributed by atoms with Crippen molar-refractivity contribution in [3.05, 3.63) is 11.6 Å². The molecule has 0 N–H and O–H groups in total. The Morgan fingerprint density at radius 3 is 2.55 bits per heavy atom. The molecule has 0 aliphatic carbocycles. The van der Waals surface area contributed by atoms with Crippen LogP contribution in [0, 0.1) is 0 Å². The number of nitrogens with zero attached hydrogens (tertiary/aromatic N) is 1. The van der Waals surface area contributed by atoms with Crippen LogP contribution in [0.2, 0.25) is 0 Å². The summed E-state index contributed by atoms with van der Waals surface area (Å²) in [5.41, 5.74) is 1.32. The molecule has 0 saturated carbocycles. The van der Waals surface area contributed by atoms with Gasteiger partial charge in [-0.25, -0.2) is 0 Å². The van der Waals surface area contributed by atoms with E-state index >= 15 is 0 Å². The molecule has 0 aromatic heterocycles. The minimum absolute atomic E-state index is 0.122. The molecule has 4 heteroatoms. The van der Waals surface area contributed by atoms with E-state index in [-0.39, 0.29) is 12.5 Å². The molecule has 0 saturated heterocycles. The Morgan fingerprint density at radius 2 is 2.18 bits per heavy atom. The molecule has 0 atom stereocenters. The van der Waals surface area contributed by atoms with Crippen LogP contribution in [0.3, 0.4) is 0 Å². The number of halogens is 1. The first-order valence-electron chi connectivity index (χ1n) is 3.16. The third-order valence-corrected chi connectivity index (χ3v) is 1.33. The van der Waals surface area contributed by atoms with Gasteiger partial charge in [-0.1, -0.05) is 17.7 Å². The zero-order valence-electron chi connectivity index (χ0n) is 6.29. The molecule has 0 fully saturated rings. The van der Waals surface area contributed by atoms with Gasteiger partial charge in [0.1, 0.15) is 6.29 Å². The predicted molar refractivity (Wildman–Crippen MR) is 43.3 cm³/mol. The fourth-order valence-electron chi connectivity index (χ4n) is 0.589. The van der Waals surface area contributed by atoms with E-state index in [1.165, 1.54) is 17.4 Å². The van der Waals surface area contributed by atoms with E-state index in [4.69, 9.17) is 11.6 Å². The van der Waals surface area contributed by atoms with Gasteiger partial charge in [-0.2, -0.15) is 0 Å². The van der Waals surface area contributed by atoms with Gasteiger partial charge < -0.3 is 9.69 Å². The summed E-state index contributed by atoms with van der Waals surface area (Å²) in [6.45, 7) is 1.92. The van der Waals surface area contributed by atoms with E-state index in [9.17, 15) is 9.59 Å². The lowest BCUT2D eigenvalue weighted by Crippen LogP contribution is -2.30. The van der Waals surface area contributed by atoms with Crippen LogP contribution >= 0.6 is 11.6 Å². The molecule has 62 valence electrons. The Kier molecular flexibility index (Phi) is 5.47. The third kappa shape index (κ3) is 4.56. The maximum absolute atomic E-state index is 10.7. The van der Waals surface area contributed by atoms with Gasteiger partial charge in [0.25, 0.3) is 0 Å². The number of hydrogen-bond acceptors (Lipinski definition) is 2. The minimum Gasteiger partial charge on any atom is -0.332 e. The quantitative estimate of drug-likeness (QED) is 0.593. The van der Waals surface area contributed by atoms with Gasteiger partial charge in [-0.3, -0.25) is 4.79 Å². The normalized spacial score (nSPS) is 10.0. The maximum Gasteiger partial charge on any atom is 0.220 e. The number of amides is 1. The molecular weight excluding hydrogens is 166 g/mol. The van der Waals surface area contributed by atoms with E-state index in [0.717, 1.165) is 0 Å². The summed E-state index contributed by atoms with van der Waals surface area (Å²) in [5.74, 6) is -0.133. The van der Waals surface area contributed by atoms with E-state index in [1.54, 1.807) is 6.08 Å². The van der Waals surface area contributed by atoms with Crippen LogP contribution in [0.15, 0.2) is 11.6 Å². The summed E-state index contributed by atoms with van der Waals surface area (Å²) in [6, 6.07) is 0. The molecule has 0 aliphatic rings. The van der Waals surface area contributed by atoms with E-state index in [0.29, 0.717) is 12.8 Å². The van der Waals surface area contributed by atoms with Crippen LogP contribution in [0.25, 0.3) is 0 Å². The molecule has 0 aliphatic heterocycles. The number of carbonyl (C=O) groups excluding carboxylic acids is 2. The standard InChI is InChI=1S/C7H10ClNO2/c1-7(11)9(5-6-10)4-2-3-8/h2-3,6H,4-5H2,1H3. The number of aldehydes is 1. The summed E-state index contributed by atoms with van der Waals surface area (Å²) < 4.78 is 0. The summed E-state index contributed by atoms with van der Waals surface area (Å²) in [5, 5.41) is 0. The molecule has 3 nitrogen and oxygen atoms in total. The molecule has 0 aromatic carbocycles. The smallest absolute Gasteiger partial charge is 0.220 e. The van der Waals surface area contributed by atoms with Crippen LogP contribution in [-0.4, -0.2) is 30.2 Å². The van der Waals surface area contributed by atoms with Crippen molar-refractivity contribution >= 4 is 23.8 Å². The molecule has 0 unspecified atom stereocenters. The van der Waals surface area contributed by atoms with Crippen molar-refractivity contribution in [1.29, 1.82) is 0 Å². The lowest BCUT2D eigenvalue weighted by Gasteiger charge is -2.14. The van der Waals surface area contributed by atoms with Crippen LogP contribution in [0.1, 0.15) is 6.92 Å². The molecule has 11 heavy (non-hydrogen) atoms. The summed E-state index contributed by atoms with van der Waals surface area (Å²) in [6.07, 6.45) is 2.29. The molecule has 0 rings (SSSR count). The molecule has 0 heterocycles. The lowest BCUT2D eigenvalue weighted by atomic mass is 10.4. The number of hydrogen-bond donors (Lipinski definition) is 0. The Morgan fingerprint density at radius 1 is 1.55 bits per heavy atom. The van der Waals surface area contributed by atoms with E-state index in [2.05, 4.69) is 0 Å². The fraction of sp³-hybridized carbons (Fsp3) is 0.429. The second-order valence-corrected chi connectivity index (χ2v) is 2.20. The largest absolute Gasteiger partial charge is 0.332 e. The second-order valence-electron chi connectivity index (χ2n) is 1.95. The molecule has 0 spiro atoms. The minimum atomic E-state index is -0.133. The van der Waals surface area contributed by atoms with Crippen molar-refractivity contribution in [2.24, 2.45) is 0 Å². The second kappa shape index (κ2) is 5.92. The lowest BCUT2D eigenvalue weighted by molar-refractivity contribution is -0.130. The first-order valence-corrected chi connectivity index (χ1v) is 3.60. The zero-order chi connectivity index (χ0) is 8.69. The Balaban J connectivity index is 3.88. The van der Waals surface area contributed by atoms with Gasteiger partial charge in [-0.15, -0.1) is 0 Å². The van der Waals surface area contributed by atoms with Gasteiger partial charge in [-0.05, 0) is 0 Å². The van der Waals surface area contributed by atoms with Crippen molar-refractivity contribution in [2.45, 2.75) is 6.92 Å². The van der Waals surface area contributed by atoms with E-state index < -0.39 is 0 Å². The topological polar surface area (TPSA) is 37.4 Å². The SMILES string of the molecule is CC(=O)N(CC=O)CC=CCl. The Bertz CT molecular complexity index is 168. The third-order valence-electron chi connectivity index (χ3n) is 1.16. The average Bonchev–Trinajstić information content (AvgIpc) is 1.97. The number of carbonyl (C=O) groups is 2. The van der Waals surface area contributed by atoms with Crippen molar-refractivity contribution in [3.8, 4) is 0 Å². The van der Waals surface area contributed by atoms with Gasteiger partial charge >= 0.3 is 0 Å². The van der Waals surface area contributed by atoms with Crippen molar-refractivity contribution in [1.82, 2.24) is 4.90 Å². The molecule has 0 radical (unpaired) electrons. The highest BCUT2D eigenvalue weighted by Crippen LogP contribution is 1.89. The Labute approximate surface area is 70.6 Å². The first-order chi connectivity index (χ1) is 5.22.